The first-order valence-corrected chi connectivity index (χ1v) is 10.3. The number of thioether (sulfide) groups is 1. The van der Waals surface area contributed by atoms with Crippen LogP contribution in [-0.2, 0) is 0 Å². The first kappa shape index (κ1) is 19.1. The van der Waals surface area contributed by atoms with Gasteiger partial charge in [-0.25, -0.2) is 0 Å². The highest BCUT2D eigenvalue weighted by Gasteiger charge is 2.15. The predicted octanol–water partition coefficient (Wildman–Crippen LogP) is 5.11. The first-order chi connectivity index (χ1) is 14.3. The number of aromatic nitrogens is 3. The monoisotopic (exact) mass is 403 g/mol. The Balaban J connectivity index is 1.49. The second kappa shape index (κ2) is 9.30. The van der Waals surface area contributed by atoms with E-state index < -0.39 is 0 Å². The molecule has 0 saturated heterocycles. The Bertz CT molecular complexity index is 1030. The lowest BCUT2D eigenvalue weighted by atomic mass is 10.2. The second-order valence-corrected chi connectivity index (χ2v) is 7.28. The highest BCUT2D eigenvalue weighted by Crippen LogP contribution is 2.28. The van der Waals surface area contributed by atoms with Crippen molar-refractivity contribution in [2.45, 2.75) is 5.16 Å². The maximum atomic E-state index is 5.83. The van der Waals surface area contributed by atoms with Crippen LogP contribution in [0.3, 0.4) is 0 Å². The minimum atomic E-state index is 0.569. The van der Waals surface area contributed by atoms with Crippen molar-refractivity contribution in [3.05, 3.63) is 84.9 Å². The number of benzene rings is 3. The molecule has 0 saturated carbocycles. The lowest BCUT2D eigenvalue weighted by Crippen LogP contribution is -2.03. The summed E-state index contributed by atoms with van der Waals surface area (Å²) >= 11 is 1.62. The summed E-state index contributed by atoms with van der Waals surface area (Å²) < 4.78 is 13.1. The fraction of sp³-hybridized carbons (Fsp3) is 0.130. The number of hydrogen-bond acceptors (Lipinski definition) is 5. The smallest absolute Gasteiger partial charge is 0.196 e. The number of ether oxygens (including phenoxy) is 2. The molecule has 0 radical (unpaired) electrons. The molecule has 0 atom stereocenters. The van der Waals surface area contributed by atoms with Gasteiger partial charge in [-0.3, -0.25) is 4.57 Å². The average molecular weight is 404 g/mol. The summed E-state index contributed by atoms with van der Waals surface area (Å²) in [5.74, 6) is 3.22. The van der Waals surface area contributed by atoms with E-state index in [4.69, 9.17) is 9.47 Å². The van der Waals surface area contributed by atoms with Gasteiger partial charge in [0, 0.05) is 17.0 Å². The van der Waals surface area contributed by atoms with E-state index in [2.05, 4.69) is 26.9 Å². The molecule has 0 bridgehead atoms. The molecule has 0 aliphatic carbocycles. The van der Waals surface area contributed by atoms with Gasteiger partial charge in [0.2, 0.25) is 0 Å². The maximum Gasteiger partial charge on any atom is 0.196 e. The van der Waals surface area contributed by atoms with Crippen molar-refractivity contribution < 1.29 is 9.47 Å². The molecule has 0 amide bonds. The fourth-order valence-electron chi connectivity index (χ4n) is 2.91. The van der Waals surface area contributed by atoms with Crippen LogP contribution >= 0.6 is 11.8 Å². The van der Waals surface area contributed by atoms with E-state index in [1.165, 1.54) is 0 Å². The molecule has 1 heterocycles. The third-order valence-corrected chi connectivity index (χ3v) is 5.22. The van der Waals surface area contributed by atoms with Gasteiger partial charge >= 0.3 is 0 Å². The zero-order chi connectivity index (χ0) is 19.9. The summed E-state index contributed by atoms with van der Waals surface area (Å²) in [6.45, 7) is 0.569. The highest BCUT2D eigenvalue weighted by atomic mass is 32.2. The molecule has 0 spiro atoms. The predicted molar refractivity (Wildman–Crippen MR) is 116 cm³/mol. The van der Waals surface area contributed by atoms with Crippen LogP contribution in [0, 0.1) is 0 Å². The number of nitrogens with zero attached hydrogens (tertiary/aromatic N) is 3. The Morgan fingerprint density at radius 1 is 0.793 bits per heavy atom. The molecule has 0 aliphatic rings. The van der Waals surface area contributed by atoms with Gasteiger partial charge in [-0.15, -0.1) is 10.2 Å². The van der Waals surface area contributed by atoms with Crippen molar-refractivity contribution in [2.75, 3.05) is 19.5 Å². The Kier molecular flexibility index (Phi) is 6.12. The summed E-state index contributed by atoms with van der Waals surface area (Å²) in [6, 6.07) is 27.9. The Hall–Kier alpha value is -3.25. The molecule has 0 aliphatic heterocycles. The molecule has 5 nitrogen and oxygen atoms in total. The molecule has 0 N–H and O–H groups in total. The third kappa shape index (κ3) is 4.60. The molecule has 4 rings (SSSR count). The van der Waals surface area contributed by atoms with Crippen LogP contribution in [0.15, 0.2) is 90.1 Å². The molecule has 0 unspecified atom stereocenters. The van der Waals surface area contributed by atoms with E-state index in [0.29, 0.717) is 6.61 Å². The Morgan fingerprint density at radius 3 is 2.14 bits per heavy atom. The van der Waals surface area contributed by atoms with Crippen molar-refractivity contribution in [3.8, 4) is 28.6 Å². The molecule has 0 fully saturated rings. The maximum absolute atomic E-state index is 5.83. The van der Waals surface area contributed by atoms with Gasteiger partial charge in [0.05, 0.1) is 13.7 Å². The minimum absolute atomic E-state index is 0.569. The van der Waals surface area contributed by atoms with Crippen molar-refractivity contribution in [3.63, 3.8) is 0 Å². The van der Waals surface area contributed by atoms with Gasteiger partial charge in [-0.2, -0.15) is 0 Å². The number of rotatable bonds is 8. The topological polar surface area (TPSA) is 49.2 Å². The highest BCUT2D eigenvalue weighted by molar-refractivity contribution is 7.99. The third-order valence-electron chi connectivity index (χ3n) is 4.32. The van der Waals surface area contributed by atoms with Crippen LogP contribution in [0.2, 0.25) is 0 Å². The lowest BCUT2D eigenvalue weighted by Gasteiger charge is -2.11. The minimum Gasteiger partial charge on any atom is -0.497 e. The van der Waals surface area contributed by atoms with Crippen LogP contribution in [0.25, 0.3) is 17.1 Å². The van der Waals surface area contributed by atoms with Crippen LogP contribution < -0.4 is 9.47 Å². The molecule has 4 aromatic rings. The Morgan fingerprint density at radius 2 is 1.45 bits per heavy atom. The normalized spacial score (nSPS) is 10.7. The van der Waals surface area contributed by atoms with Gasteiger partial charge < -0.3 is 9.47 Å². The van der Waals surface area contributed by atoms with E-state index >= 15 is 0 Å². The van der Waals surface area contributed by atoms with Gasteiger partial charge in [0.15, 0.2) is 11.0 Å². The molecular weight excluding hydrogens is 382 g/mol. The molecule has 6 heteroatoms. The van der Waals surface area contributed by atoms with Crippen LogP contribution in [0.1, 0.15) is 0 Å². The summed E-state index contributed by atoms with van der Waals surface area (Å²) in [5.41, 5.74) is 2.07. The summed E-state index contributed by atoms with van der Waals surface area (Å²) in [6.07, 6.45) is 0. The molecule has 1 aromatic heterocycles. The molecule has 3 aromatic carbocycles. The average Bonchev–Trinajstić information content (AvgIpc) is 3.22. The SMILES string of the molecule is COc1ccc(OCCSc2nnc(-c3ccccc3)n2-c2ccccc2)cc1. The Labute approximate surface area is 174 Å². The van der Waals surface area contributed by atoms with Gasteiger partial charge in [-0.1, -0.05) is 60.3 Å². The zero-order valence-electron chi connectivity index (χ0n) is 16.1. The van der Waals surface area contributed by atoms with E-state index in [-0.39, 0.29) is 0 Å². The standard InChI is InChI=1S/C23H21N3O2S/c1-27-20-12-14-21(15-13-20)28-16-17-29-23-25-24-22(18-8-4-2-5-9-18)26(23)19-10-6-3-7-11-19/h2-15H,16-17H2,1H3. The number of para-hydroxylation sites is 1. The van der Waals surface area contributed by atoms with E-state index in [1.807, 2.05) is 72.8 Å². The molecule has 146 valence electrons. The van der Waals surface area contributed by atoms with Crippen LogP contribution in [-0.4, -0.2) is 34.2 Å². The largest absolute Gasteiger partial charge is 0.497 e. The van der Waals surface area contributed by atoms with Crippen molar-refractivity contribution >= 4 is 11.8 Å². The number of hydrogen-bond donors (Lipinski definition) is 0. The van der Waals surface area contributed by atoms with Gasteiger partial charge in [0.25, 0.3) is 0 Å². The quantitative estimate of drug-likeness (QED) is 0.302. The molecule has 29 heavy (non-hydrogen) atoms. The summed E-state index contributed by atoms with van der Waals surface area (Å²) in [4.78, 5) is 0. The summed E-state index contributed by atoms with van der Waals surface area (Å²) in [7, 11) is 1.65. The first-order valence-electron chi connectivity index (χ1n) is 9.31. The summed E-state index contributed by atoms with van der Waals surface area (Å²) in [5, 5.41) is 9.74. The number of methoxy groups -OCH3 is 1. The van der Waals surface area contributed by atoms with Crippen molar-refractivity contribution in [2.24, 2.45) is 0 Å². The van der Waals surface area contributed by atoms with E-state index in [1.54, 1.807) is 18.9 Å². The van der Waals surface area contributed by atoms with Gasteiger partial charge in [0.1, 0.15) is 11.5 Å². The second-order valence-electron chi connectivity index (χ2n) is 6.22. The van der Waals surface area contributed by atoms with Crippen LogP contribution in [0.4, 0.5) is 0 Å². The van der Waals surface area contributed by atoms with Crippen molar-refractivity contribution in [1.82, 2.24) is 14.8 Å². The van der Waals surface area contributed by atoms with E-state index in [0.717, 1.165) is 39.5 Å². The van der Waals surface area contributed by atoms with Crippen molar-refractivity contribution in [1.29, 1.82) is 0 Å². The lowest BCUT2D eigenvalue weighted by molar-refractivity contribution is 0.342. The zero-order valence-corrected chi connectivity index (χ0v) is 16.9. The molecular formula is C23H21N3O2S. The van der Waals surface area contributed by atoms with Crippen LogP contribution in [0.5, 0.6) is 11.5 Å². The van der Waals surface area contributed by atoms with E-state index in [9.17, 15) is 0 Å². The fourth-order valence-corrected chi connectivity index (χ4v) is 3.68. The van der Waals surface area contributed by atoms with Gasteiger partial charge in [-0.05, 0) is 36.4 Å².